The fraction of sp³-hybridized carbons (Fsp3) is 0.706. The molecule has 0 aliphatic heterocycles. The van der Waals surface area contributed by atoms with Crippen LogP contribution in [-0.2, 0) is 0 Å². The van der Waals surface area contributed by atoms with E-state index in [1.807, 2.05) is 6.08 Å². The lowest BCUT2D eigenvalue weighted by atomic mass is 10.1. The maximum atomic E-state index is 7.51. The third-order valence-electron chi connectivity index (χ3n) is 2.85. The monoisotopic (exact) mass is 249 g/mol. The molecule has 0 aromatic heterocycles. The van der Waals surface area contributed by atoms with Crippen molar-refractivity contribution >= 4 is 0 Å². The van der Waals surface area contributed by atoms with Crippen LogP contribution in [0.4, 0.5) is 0 Å². The fourth-order valence-electron chi connectivity index (χ4n) is 1.78. The number of hydrogen-bond acceptors (Lipinski definition) is 1. The summed E-state index contributed by atoms with van der Waals surface area (Å²) in [6.07, 6.45) is 18.7. The first kappa shape index (κ1) is 19.3. The molecule has 0 unspecified atom stereocenters. The van der Waals surface area contributed by atoms with Crippen molar-refractivity contribution < 1.29 is 0 Å². The van der Waals surface area contributed by atoms with Crippen LogP contribution in [0.1, 0.15) is 77.6 Å². The Kier molecular flexibility index (Phi) is 22.8. The van der Waals surface area contributed by atoms with Gasteiger partial charge in [0, 0.05) is 6.08 Å². The zero-order chi connectivity index (χ0) is 13.9. The Bertz CT molecular complexity index is 200. The predicted molar refractivity (Wildman–Crippen MR) is 82.5 cm³/mol. The van der Waals surface area contributed by atoms with Crippen molar-refractivity contribution in [3.8, 4) is 6.07 Å². The zero-order valence-electron chi connectivity index (χ0n) is 12.3. The summed E-state index contributed by atoms with van der Waals surface area (Å²) < 4.78 is 0. The number of nitriles is 1. The summed E-state index contributed by atoms with van der Waals surface area (Å²) in [6, 6.07) is 1.69. The molecule has 0 heterocycles. The molecule has 0 rings (SSSR count). The molecular formula is C17H31N. The highest BCUT2D eigenvalue weighted by Gasteiger charge is 1.91. The van der Waals surface area contributed by atoms with E-state index in [1.54, 1.807) is 6.07 Å². The quantitative estimate of drug-likeness (QED) is 0.244. The van der Waals surface area contributed by atoms with Crippen LogP contribution in [0.15, 0.2) is 25.3 Å². The lowest BCUT2D eigenvalue weighted by Gasteiger charge is -2.00. The predicted octanol–water partition coefficient (Wildman–Crippen LogP) is 6.18. The second-order valence-electron chi connectivity index (χ2n) is 4.59. The lowest BCUT2D eigenvalue weighted by molar-refractivity contribution is 0.558. The summed E-state index contributed by atoms with van der Waals surface area (Å²) in [5.74, 6) is 0. The van der Waals surface area contributed by atoms with Crippen molar-refractivity contribution in [3.05, 3.63) is 25.3 Å². The maximum Gasteiger partial charge on any atom is 0.0905 e. The molecule has 1 heteroatoms. The van der Waals surface area contributed by atoms with Crippen LogP contribution in [0.25, 0.3) is 0 Å². The summed E-state index contributed by atoms with van der Waals surface area (Å²) in [4.78, 5) is 0. The Morgan fingerprint density at radius 2 is 1.22 bits per heavy atom. The van der Waals surface area contributed by atoms with E-state index in [0.717, 1.165) is 0 Å². The van der Waals surface area contributed by atoms with Crippen molar-refractivity contribution in [3.63, 3.8) is 0 Å². The average Bonchev–Trinajstić information content (AvgIpc) is 2.41. The second kappa shape index (κ2) is 21.3. The SMILES string of the molecule is C=CC#N.C=CCCCCCCCCCCCC. The van der Waals surface area contributed by atoms with Crippen LogP contribution < -0.4 is 0 Å². The Labute approximate surface area is 115 Å². The molecule has 0 aromatic carbocycles. The van der Waals surface area contributed by atoms with E-state index >= 15 is 0 Å². The highest BCUT2D eigenvalue weighted by Crippen LogP contribution is 2.11. The minimum atomic E-state index is 1.18. The van der Waals surface area contributed by atoms with Gasteiger partial charge in [-0.05, 0) is 12.8 Å². The van der Waals surface area contributed by atoms with Gasteiger partial charge in [-0.1, -0.05) is 77.4 Å². The molecule has 1 nitrogen and oxygen atoms in total. The molecule has 0 saturated carbocycles. The molecule has 0 spiro atoms. The number of allylic oxidation sites excluding steroid dienone is 2. The van der Waals surface area contributed by atoms with Gasteiger partial charge < -0.3 is 0 Å². The second-order valence-corrected chi connectivity index (χ2v) is 4.59. The fourth-order valence-corrected chi connectivity index (χ4v) is 1.78. The van der Waals surface area contributed by atoms with E-state index in [9.17, 15) is 0 Å². The van der Waals surface area contributed by atoms with Gasteiger partial charge in [-0.25, -0.2) is 0 Å². The van der Waals surface area contributed by atoms with Crippen LogP contribution >= 0.6 is 0 Å². The molecule has 18 heavy (non-hydrogen) atoms. The Morgan fingerprint density at radius 1 is 0.833 bits per heavy atom. The van der Waals surface area contributed by atoms with Gasteiger partial charge in [0.1, 0.15) is 0 Å². The van der Waals surface area contributed by atoms with Crippen molar-refractivity contribution in [2.45, 2.75) is 77.6 Å². The van der Waals surface area contributed by atoms with Gasteiger partial charge in [-0.15, -0.1) is 6.58 Å². The standard InChI is InChI=1S/C14H28.C3H3N/c1-3-5-7-9-11-13-14-12-10-8-6-4-2;1-2-3-4/h3H,1,4-14H2,2H3;2H,1H2. The van der Waals surface area contributed by atoms with Crippen molar-refractivity contribution in [1.82, 2.24) is 0 Å². The number of rotatable bonds is 11. The van der Waals surface area contributed by atoms with E-state index in [4.69, 9.17) is 5.26 Å². The summed E-state index contributed by atoms with van der Waals surface area (Å²) >= 11 is 0. The minimum absolute atomic E-state index is 1.18. The Hall–Kier alpha value is -1.03. The van der Waals surface area contributed by atoms with Crippen LogP contribution in [0.2, 0.25) is 0 Å². The van der Waals surface area contributed by atoms with Crippen LogP contribution in [-0.4, -0.2) is 0 Å². The van der Waals surface area contributed by atoms with E-state index in [1.165, 1.54) is 76.7 Å². The smallest absolute Gasteiger partial charge is 0.0905 e. The summed E-state index contributed by atoms with van der Waals surface area (Å²) in [7, 11) is 0. The van der Waals surface area contributed by atoms with Gasteiger partial charge in [-0.2, -0.15) is 5.26 Å². The number of unbranched alkanes of at least 4 members (excludes halogenated alkanes) is 10. The normalized spacial score (nSPS) is 8.89. The summed E-state index contributed by atoms with van der Waals surface area (Å²) in [5, 5.41) is 7.51. The zero-order valence-corrected chi connectivity index (χ0v) is 12.3. The van der Waals surface area contributed by atoms with Crippen molar-refractivity contribution in [1.29, 1.82) is 5.26 Å². The molecule has 0 radical (unpaired) electrons. The van der Waals surface area contributed by atoms with Crippen LogP contribution in [0.3, 0.4) is 0 Å². The Morgan fingerprint density at radius 3 is 1.56 bits per heavy atom. The van der Waals surface area contributed by atoms with E-state index in [-0.39, 0.29) is 0 Å². The van der Waals surface area contributed by atoms with Crippen molar-refractivity contribution in [2.24, 2.45) is 0 Å². The third kappa shape index (κ3) is 24.3. The first-order valence-corrected chi connectivity index (χ1v) is 7.44. The van der Waals surface area contributed by atoms with E-state index in [2.05, 4.69) is 20.1 Å². The summed E-state index contributed by atoms with van der Waals surface area (Å²) in [5.41, 5.74) is 0. The first-order chi connectivity index (χ1) is 8.83. The maximum absolute atomic E-state index is 7.51. The molecule has 0 saturated heterocycles. The molecule has 0 aliphatic rings. The molecule has 0 fully saturated rings. The highest BCUT2D eigenvalue weighted by atomic mass is 14.2. The lowest BCUT2D eigenvalue weighted by Crippen LogP contribution is -1.81. The molecule has 0 aliphatic carbocycles. The van der Waals surface area contributed by atoms with Gasteiger partial charge in [-0.3, -0.25) is 0 Å². The molecule has 0 N–H and O–H groups in total. The topological polar surface area (TPSA) is 23.8 Å². The molecule has 0 amide bonds. The first-order valence-electron chi connectivity index (χ1n) is 7.44. The van der Waals surface area contributed by atoms with Crippen LogP contribution in [0.5, 0.6) is 0 Å². The van der Waals surface area contributed by atoms with E-state index in [0.29, 0.717) is 0 Å². The van der Waals surface area contributed by atoms with Crippen LogP contribution in [0, 0.1) is 11.3 Å². The third-order valence-corrected chi connectivity index (χ3v) is 2.85. The molecule has 0 atom stereocenters. The molecular weight excluding hydrogens is 218 g/mol. The molecule has 0 bridgehead atoms. The van der Waals surface area contributed by atoms with Gasteiger partial charge in [0.15, 0.2) is 0 Å². The summed E-state index contributed by atoms with van der Waals surface area (Å²) in [6.45, 7) is 9.13. The van der Waals surface area contributed by atoms with Gasteiger partial charge in [0.05, 0.1) is 6.07 Å². The average molecular weight is 249 g/mol. The van der Waals surface area contributed by atoms with Gasteiger partial charge in [0.2, 0.25) is 0 Å². The largest absolute Gasteiger partial charge is 0.193 e. The number of nitrogens with zero attached hydrogens (tertiary/aromatic N) is 1. The van der Waals surface area contributed by atoms with Gasteiger partial charge >= 0.3 is 0 Å². The number of hydrogen-bond donors (Lipinski definition) is 0. The van der Waals surface area contributed by atoms with Gasteiger partial charge in [0.25, 0.3) is 0 Å². The highest BCUT2D eigenvalue weighted by molar-refractivity contribution is 4.93. The molecule has 0 aromatic rings. The van der Waals surface area contributed by atoms with Crippen molar-refractivity contribution in [2.75, 3.05) is 0 Å². The van der Waals surface area contributed by atoms with E-state index < -0.39 is 0 Å². The Balaban J connectivity index is 0. The molecule has 104 valence electrons. The minimum Gasteiger partial charge on any atom is -0.193 e.